The van der Waals surface area contributed by atoms with Gasteiger partial charge in [0.15, 0.2) is 6.61 Å². The molecule has 7 heteroatoms. The van der Waals surface area contributed by atoms with E-state index < -0.39 is 10.0 Å². The van der Waals surface area contributed by atoms with E-state index in [4.69, 9.17) is 4.74 Å². The van der Waals surface area contributed by atoms with Gasteiger partial charge in [-0.1, -0.05) is 42.5 Å². The van der Waals surface area contributed by atoms with E-state index >= 15 is 0 Å². The van der Waals surface area contributed by atoms with Gasteiger partial charge >= 0.3 is 0 Å². The highest BCUT2D eigenvalue weighted by Crippen LogP contribution is 2.20. The summed E-state index contributed by atoms with van der Waals surface area (Å²) in [5, 5.41) is 2.77. The number of anilines is 1. The minimum atomic E-state index is -3.70. The van der Waals surface area contributed by atoms with Crippen molar-refractivity contribution in [2.24, 2.45) is 0 Å². The molecule has 0 bridgehead atoms. The number of carbonyl (C=O) groups is 1. The standard InChI is InChI=1S/C22H22N2O4S/c1-17-6-5-9-19(14-17)24-29(26,27)21-12-10-20(11-13-21)28-16-22(25)23-15-18-7-3-2-4-8-18/h2-14,24H,15-16H2,1H3,(H,23,25). The van der Waals surface area contributed by atoms with Crippen LogP contribution in [0.2, 0.25) is 0 Å². The second kappa shape index (κ2) is 9.25. The van der Waals surface area contributed by atoms with Crippen molar-refractivity contribution in [2.45, 2.75) is 18.4 Å². The number of ether oxygens (including phenoxy) is 1. The Labute approximate surface area is 170 Å². The Bertz CT molecular complexity index is 1070. The number of hydrogen-bond donors (Lipinski definition) is 2. The van der Waals surface area contributed by atoms with Crippen molar-refractivity contribution in [3.05, 3.63) is 90.0 Å². The number of benzene rings is 3. The maximum atomic E-state index is 12.5. The predicted octanol–water partition coefficient (Wildman–Crippen LogP) is 3.49. The fraction of sp³-hybridized carbons (Fsp3) is 0.136. The molecule has 1 amide bonds. The third-order valence-corrected chi connectivity index (χ3v) is 5.50. The van der Waals surface area contributed by atoms with Gasteiger partial charge in [-0.3, -0.25) is 9.52 Å². The van der Waals surface area contributed by atoms with Crippen molar-refractivity contribution in [3.8, 4) is 5.75 Å². The van der Waals surface area contributed by atoms with Gasteiger partial charge < -0.3 is 10.1 Å². The smallest absolute Gasteiger partial charge is 0.261 e. The zero-order valence-corrected chi connectivity index (χ0v) is 16.8. The molecule has 29 heavy (non-hydrogen) atoms. The zero-order valence-electron chi connectivity index (χ0n) is 16.0. The highest BCUT2D eigenvalue weighted by molar-refractivity contribution is 7.92. The Morgan fingerprint density at radius 3 is 2.34 bits per heavy atom. The first-order chi connectivity index (χ1) is 13.9. The maximum Gasteiger partial charge on any atom is 0.261 e. The molecule has 0 saturated carbocycles. The first kappa shape index (κ1) is 20.4. The van der Waals surface area contributed by atoms with Crippen LogP contribution in [0, 0.1) is 6.92 Å². The summed E-state index contributed by atoms with van der Waals surface area (Å²) in [7, 11) is -3.70. The lowest BCUT2D eigenvalue weighted by Gasteiger charge is -2.10. The number of amides is 1. The summed E-state index contributed by atoms with van der Waals surface area (Å²) in [6, 6.07) is 22.6. The molecule has 0 aliphatic heterocycles. The maximum absolute atomic E-state index is 12.5. The van der Waals surface area contributed by atoms with E-state index in [1.54, 1.807) is 18.2 Å². The molecule has 6 nitrogen and oxygen atoms in total. The van der Waals surface area contributed by atoms with Crippen LogP contribution in [0.25, 0.3) is 0 Å². The van der Waals surface area contributed by atoms with E-state index in [1.165, 1.54) is 24.3 Å². The van der Waals surface area contributed by atoms with Gasteiger partial charge in [0, 0.05) is 12.2 Å². The third kappa shape index (κ3) is 6.08. The molecule has 0 aliphatic rings. The van der Waals surface area contributed by atoms with Crippen LogP contribution in [-0.4, -0.2) is 20.9 Å². The van der Waals surface area contributed by atoms with Crippen LogP contribution < -0.4 is 14.8 Å². The first-order valence-electron chi connectivity index (χ1n) is 9.05. The number of aryl methyl sites for hydroxylation is 1. The van der Waals surface area contributed by atoms with E-state index in [0.717, 1.165) is 11.1 Å². The summed E-state index contributed by atoms with van der Waals surface area (Å²) >= 11 is 0. The molecule has 0 radical (unpaired) electrons. The molecular formula is C22H22N2O4S. The summed E-state index contributed by atoms with van der Waals surface area (Å²) < 4.78 is 33.0. The molecule has 0 saturated heterocycles. The van der Waals surface area contributed by atoms with Gasteiger partial charge in [-0.15, -0.1) is 0 Å². The molecule has 150 valence electrons. The number of sulfonamides is 1. The predicted molar refractivity (Wildman–Crippen MR) is 112 cm³/mol. The van der Waals surface area contributed by atoms with Crippen molar-refractivity contribution < 1.29 is 17.9 Å². The van der Waals surface area contributed by atoms with E-state index in [1.807, 2.05) is 43.3 Å². The molecule has 3 rings (SSSR count). The lowest BCUT2D eigenvalue weighted by Crippen LogP contribution is -2.28. The molecule has 0 unspecified atom stereocenters. The van der Waals surface area contributed by atoms with Gasteiger partial charge in [0.25, 0.3) is 15.9 Å². The van der Waals surface area contributed by atoms with E-state index in [9.17, 15) is 13.2 Å². The van der Waals surface area contributed by atoms with Crippen LogP contribution in [0.15, 0.2) is 83.8 Å². The number of nitrogens with one attached hydrogen (secondary N) is 2. The normalized spacial score (nSPS) is 10.9. The molecule has 0 fully saturated rings. The molecule has 0 heterocycles. The summed E-state index contributed by atoms with van der Waals surface area (Å²) in [5.41, 5.74) is 2.46. The monoisotopic (exact) mass is 410 g/mol. The van der Waals surface area contributed by atoms with Crippen molar-refractivity contribution in [2.75, 3.05) is 11.3 Å². The Morgan fingerprint density at radius 1 is 0.931 bits per heavy atom. The van der Waals surface area contributed by atoms with Crippen molar-refractivity contribution in [1.82, 2.24) is 5.32 Å². The van der Waals surface area contributed by atoms with Gasteiger partial charge in [0.1, 0.15) is 5.75 Å². The lowest BCUT2D eigenvalue weighted by atomic mass is 10.2. The van der Waals surface area contributed by atoms with Gasteiger partial charge in [-0.25, -0.2) is 8.42 Å². The van der Waals surface area contributed by atoms with Gasteiger partial charge in [-0.2, -0.15) is 0 Å². The summed E-state index contributed by atoms with van der Waals surface area (Å²) in [4.78, 5) is 12.0. The average molecular weight is 410 g/mol. The quantitative estimate of drug-likeness (QED) is 0.595. The van der Waals surface area contributed by atoms with Crippen molar-refractivity contribution >= 4 is 21.6 Å². The Balaban J connectivity index is 1.53. The first-order valence-corrected chi connectivity index (χ1v) is 10.5. The fourth-order valence-electron chi connectivity index (χ4n) is 2.63. The van der Waals surface area contributed by atoms with Crippen molar-refractivity contribution in [3.63, 3.8) is 0 Å². The average Bonchev–Trinajstić information content (AvgIpc) is 2.71. The lowest BCUT2D eigenvalue weighted by molar-refractivity contribution is -0.123. The van der Waals surface area contributed by atoms with Crippen LogP contribution in [0.4, 0.5) is 5.69 Å². The minimum absolute atomic E-state index is 0.111. The van der Waals surface area contributed by atoms with Gasteiger partial charge in [0.2, 0.25) is 0 Å². The second-order valence-corrected chi connectivity index (χ2v) is 8.18. The van der Waals surface area contributed by atoms with E-state index in [-0.39, 0.29) is 17.4 Å². The Morgan fingerprint density at radius 2 is 1.66 bits per heavy atom. The third-order valence-electron chi connectivity index (χ3n) is 4.11. The summed E-state index contributed by atoms with van der Waals surface area (Å²) in [5.74, 6) is 0.154. The molecule has 3 aromatic rings. The van der Waals surface area contributed by atoms with Crippen LogP contribution in [0.5, 0.6) is 5.75 Å². The SMILES string of the molecule is Cc1cccc(NS(=O)(=O)c2ccc(OCC(=O)NCc3ccccc3)cc2)c1. The molecular weight excluding hydrogens is 388 g/mol. The zero-order chi connectivity index (χ0) is 20.7. The highest BCUT2D eigenvalue weighted by Gasteiger charge is 2.14. The largest absolute Gasteiger partial charge is 0.484 e. The van der Waals surface area contributed by atoms with Crippen LogP contribution in [0.1, 0.15) is 11.1 Å². The van der Waals surface area contributed by atoms with Crippen molar-refractivity contribution in [1.29, 1.82) is 0 Å². The molecule has 0 spiro atoms. The summed E-state index contributed by atoms with van der Waals surface area (Å²) in [6.45, 7) is 2.16. The van der Waals surface area contributed by atoms with E-state index in [2.05, 4.69) is 10.0 Å². The number of hydrogen-bond acceptors (Lipinski definition) is 4. The highest BCUT2D eigenvalue weighted by atomic mass is 32.2. The van der Waals surface area contributed by atoms with Crippen LogP contribution in [-0.2, 0) is 21.4 Å². The van der Waals surface area contributed by atoms with Gasteiger partial charge in [-0.05, 0) is 54.4 Å². The fourth-order valence-corrected chi connectivity index (χ4v) is 3.68. The van der Waals surface area contributed by atoms with E-state index in [0.29, 0.717) is 18.0 Å². The second-order valence-electron chi connectivity index (χ2n) is 6.50. The molecule has 0 aliphatic carbocycles. The number of carbonyl (C=O) groups excluding carboxylic acids is 1. The Hall–Kier alpha value is -3.32. The van der Waals surface area contributed by atoms with Gasteiger partial charge in [0.05, 0.1) is 4.90 Å². The van der Waals surface area contributed by atoms with Crippen LogP contribution >= 0.6 is 0 Å². The molecule has 2 N–H and O–H groups in total. The Kier molecular flexibility index (Phi) is 6.51. The molecule has 0 aromatic heterocycles. The molecule has 0 atom stereocenters. The van der Waals surface area contributed by atoms with Crippen LogP contribution in [0.3, 0.4) is 0 Å². The number of rotatable bonds is 8. The minimum Gasteiger partial charge on any atom is -0.484 e. The summed E-state index contributed by atoms with van der Waals surface area (Å²) in [6.07, 6.45) is 0. The molecule has 3 aromatic carbocycles. The topological polar surface area (TPSA) is 84.5 Å².